The summed E-state index contributed by atoms with van der Waals surface area (Å²) in [7, 11) is 0. The number of amides is 3. The van der Waals surface area contributed by atoms with Crippen molar-refractivity contribution >= 4 is 17.7 Å². The highest BCUT2D eigenvalue weighted by molar-refractivity contribution is 5.80. The van der Waals surface area contributed by atoms with Crippen LogP contribution in [0.5, 0.6) is 0 Å². The van der Waals surface area contributed by atoms with Crippen LogP contribution in [0.4, 0.5) is 0 Å². The number of carbonyl (C=O) groups excluding carboxylic acids is 3. The highest BCUT2D eigenvalue weighted by atomic mass is 16.2. The summed E-state index contributed by atoms with van der Waals surface area (Å²) in [6, 6.07) is 1.62. The number of likely N-dealkylation sites (tertiary alicyclic amines) is 3. The molecule has 3 aliphatic rings. The van der Waals surface area contributed by atoms with Gasteiger partial charge in [0, 0.05) is 56.0 Å². The molecule has 3 rings (SSSR count). The summed E-state index contributed by atoms with van der Waals surface area (Å²) in [4.78, 5) is 39.4. The zero-order valence-corrected chi connectivity index (χ0v) is 26.8. The van der Waals surface area contributed by atoms with Gasteiger partial charge in [0.15, 0.2) is 0 Å². The minimum absolute atomic E-state index is 0.266. The molecule has 0 N–H and O–H groups in total. The molecule has 0 aliphatic carbocycles. The van der Waals surface area contributed by atoms with E-state index in [0.717, 1.165) is 38.8 Å². The fourth-order valence-corrected chi connectivity index (χ4v) is 4.42. The quantitative estimate of drug-likeness (QED) is 0.408. The van der Waals surface area contributed by atoms with Crippen molar-refractivity contribution in [2.45, 2.75) is 154 Å². The number of nitrogens with zero attached hydrogens (tertiary/aromatic N) is 3. The van der Waals surface area contributed by atoms with Gasteiger partial charge in [0.05, 0.1) is 0 Å². The average molecular weight is 514 g/mol. The largest absolute Gasteiger partial charge is 0.340 e. The molecule has 6 nitrogen and oxygen atoms in total. The van der Waals surface area contributed by atoms with Gasteiger partial charge in [0.2, 0.25) is 17.7 Å². The first-order valence-electron chi connectivity index (χ1n) is 14.8. The van der Waals surface area contributed by atoms with Gasteiger partial charge in [-0.15, -0.1) is 0 Å². The first kappa shape index (κ1) is 38.9. The Kier molecular flexibility index (Phi) is 23.2. The van der Waals surface area contributed by atoms with E-state index in [9.17, 15) is 14.4 Å². The number of hydrogen-bond acceptors (Lipinski definition) is 3. The summed E-state index contributed by atoms with van der Waals surface area (Å²) < 4.78 is 0. The zero-order chi connectivity index (χ0) is 29.2. The van der Waals surface area contributed by atoms with Crippen molar-refractivity contribution in [3.8, 4) is 0 Å². The Morgan fingerprint density at radius 3 is 1.31 bits per heavy atom. The van der Waals surface area contributed by atoms with Crippen molar-refractivity contribution in [1.82, 2.24) is 14.7 Å². The van der Waals surface area contributed by atoms with Gasteiger partial charge >= 0.3 is 0 Å². The molecule has 3 saturated heterocycles. The minimum atomic E-state index is 0.266. The van der Waals surface area contributed by atoms with E-state index in [1.165, 1.54) is 0 Å². The average Bonchev–Trinajstić information content (AvgIpc) is 3.49. The lowest BCUT2D eigenvalue weighted by molar-refractivity contribution is -0.132. The predicted octanol–water partition coefficient (Wildman–Crippen LogP) is 7.01. The summed E-state index contributed by atoms with van der Waals surface area (Å²) in [6.07, 6.45) is 3.57. The molecule has 0 aromatic rings. The molecule has 36 heavy (non-hydrogen) atoms. The third kappa shape index (κ3) is 13.6. The number of rotatable bonds is 3. The van der Waals surface area contributed by atoms with Gasteiger partial charge < -0.3 is 14.7 Å². The molecule has 0 spiro atoms. The van der Waals surface area contributed by atoms with Crippen LogP contribution in [0, 0.1) is 11.8 Å². The number of carbonyl (C=O) groups is 3. The van der Waals surface area contributed by atoms with E-state index >= 15 is 0 Å². The van der Waals surface area contributed by atoms with Crippen molar-refractivity contribution in [2.75, 3.05) is 13.1 Å². The summed E-state index contributed by atoms with van der Waals surface area (Å²) in [5.41, 5.74) is 0. The van der Waals surface area contributed by atoms with Crippen LogP contribution in [0.15, 0.2) is 0 Å². The maximum atomic E-state index is 11.3. The van der Waals surface area contributed by atoms with E-state index in [1.807, 2.05) is 63.2 Å². The van der Waals surface area contributed by atoms with Gasteiger partial charge in [-0.2, -0.15) is 0 Å². The molecule has 6 heteroatoms. The Labute approximate surface area is 225 Å². The van der Waals surface area contributed by atoms with Crippen molar-refractivity contribution in [3.63, 3.8) is 0 Å². The predicted molar refractivity (Wildman–Crippen MR) is 156 cm³/mol. The third-order valence-electron chi connectivity index (χ3n) is 6.20. The molecule has 3 aliphatic heterocycles. The highest BCUT2D eigenvalue weighted by Gasteiger charge is 2.30. The normalized spacial score (nSPS) is 22.7. The molecule has 0 bridgehead atoms. The minimum Gasteiger partial charge on any atom is -0.340 e. The Morgan fingerprint density at radius 2 is 1.14 bits per heavy atom. The van der Waals surface area contributed by atoms with Gasteiger partial charge in [-0.3, -0.25) is 14.4 Å². The van der Waals surface area contributed by atoms with Gasteiger partial charge in [0.1, 0.15) is 0 Å². The first-order valence-corrected chi connectivity index (χ1v) is 14.8. The molecule has 3 amide bonds. The molecule has 0 aromatic heterocycles. The Bertz CT molecular complexity index is 582. The second kappa shape index (κ2) is 21.5. The summed E-state index contributed by atoms with van der Waals surface area (Å²) >= 11 is 0. The van der Waals surface area contributed by atoms with E-state index in [0.29, 0.717) is 47.8 Å². The third-order valence-corrected chi connectivity index (χ3v) is 6.20. The summed E-state index contributed by atoms with van der Waals surface area (Å²) in [6.45, 7) is 32.6. The molecule has 3 atom stereocenters. The molecule has 3 heterocycles. The Morgan fingerprint density at radius 1 is 0.667 bits per heavy atom. The fourth-order valence-electron chi connectivity index (χ4n) is 4.42. The molecule has 216 valence electrons. The maximum absolute atomic E-state index is 11.3. The van der Waals surface area contributed by atoms with Gasteiger partial charge in [-0.05, 0) is 67.2 Å². The van der Waals surface area contributed by atoms with Crippen molar-refractivity contribution in [3.05, 3.63) is 0 Å². The zero-order valence-electron chi connectivity index (χ0n) is 26.8. The monoisotopic (exact) mass is 513 g/mol. The van der Waals surface area contributed by atoms with Crippen LogP contribution in [-0.2, 0) is 14.4 Å². The standard InChI is InChI=1S/3C8H15NO.3C2H6/c1-6(2)9-5-7(3)4-8(9)10;1-6(2)9-5-4-7(3)8(9)10;1-6(2)9-7(3)4-5-8(9)10;3*1-2/h3*6-7H,4-5H2,1-3H3;3*1-2H3. The smallest absolute Gasteiger partial charge is 0.225 e. The molecule has 3 fully saturated rings. The van der Waals surface area contributed by atoms with Gasteiger partial charge in [-0.25, -0.2) is 0 Å². The number of hydrogen-bond donors (Lipinski definition) is 0. The van der Waals surface area contributed by atoms with Gasteiger partial charge in [-0.1, -0.05) is 55.4 Å². The Balaban J connectivity index is -0.000000410. The highest BCUT2D eigenvalue weighted by Crippen LogP contribution is 2.21. The van der Waals surface area contributed by atoms with Crippen molar-refractivity contribution < 1.29 is 14.4 Å². The first-order chi connectivity index (χ1) is 16.9. The van der Waals surface area contributed by atoms with Crippen molar-refractivity contribution in [2.24, 2.45) is 11.8 Å². The topological polar surface area (TPSA) is 60.9 Å². The van der Waals surface area contributed by atoms with E-state index in [-0.39, 0.29) is 5.92 Å². The van der Waals surface area contributed by atoms with Crippen LogP contribution in [0.2, 0.25) is 0 Å². The molecule has 0 saturated carbocycles. The van der Waals surface area contributed by atoms with Gasteiger partial charge in [0.25, 0.3) is 0 Å². The van der Waals surface area contributed by atoms with E-state index in [1.54, 1.807) is 0 Å². The van der Waals surface area contributed by atoms with Crippen molar-refractivity contribution in [1.29, 1.82) is 0 Å². The summed E-state index contributed by atoms with van der Waals surface area (Å²) in [5, 5.41) is 0. The van der Waals surface area contributed by atoms with Crippen LogP contribution in [-0.4, -0.2) is 69.7 Å². The van der Waals surface area contributed by atoms with Crippen LogP contribution in [0.3, 0.4) is 0 Å². The van der Waals surface area contributed by atoms with Crippen LogP contribution in [0.1, 0.15) is 130 Å². The fraction of sp³-hybridized carbons (Fsp3) is 0.900. The molecule has 0 aromatic carbocycles. The lowest BCUT2D eigenvalue weighted by atomic mass is 10.1. The molecule has 3 unspecified atom stereocenters. The van der Waals surface area contributed by atoms with Crippen LogP contribution >= 0.6 is 0 Å². The SMILES string of the molecule is CC.CC.CC.CC(C)N1C(=O)CCC1C.CC1CC(=O)N(C(C)C)C1.CC1CCN(C(C)C)C1=O. The summed E-state index contributed by atoms with van der Waals surface area (Å²) in [5.74, 6) is 1.80. The van der Waals surface area contributed by atoms with Crippen LogP contribution in [0.25, 0.3) is 0 Å². The lowest BCUT2D eigenvalue weighted by Gasteiger charge is -2.25. The lowest BCUT2D eigenvalue weighted by Crippen LogP contribution is -2.36. The van der Waals surface area contributed by atoms with E-state index < -0.39 is 0 Å². The molecule has 0 radical (unpaired) electrons. The second-order valence-corrected chi connectivity index (χ2v) is 10.0. The van der Waals surface area contributed by atoms with E-state index in [2.05, 4.69) is 55.4 Å². The van der Waals surface area contributed by atoms with Crippen LogP contribution < -0.4 is 0 Å². The Hall–Kier alpha value is -1.59. The maximum Gasteiger partial charge on any atom is 0.225 e. The second-order valence-electron chi connectivity index (χ2n) is 10.0. The molecular formula is C30H63N3O3. The van der Waals surface area contributed by atoms with E-state index in [4.69, 9.17) is 0 Å². The molecular weight excluding hydrogens is 450 g/mol.